The van der Waals surface area contributed by atoms with Gasteiger partial charge in [0.05, 0.1) is 5.69 Å². The fraction of sp³-hybridized carbons (Fsp3) is 0.364. The van der Waals surface area contributed by atoms with Gasteiger partial charge in [-0.2, -0.15) is 0 Å². The first kappa shape index (κ1) is 15.6. The van der Waals surface area contributed by atoms with Gasteiger partial charge in [-0.25, -0.2) is 0 Å². The van der Waals surface area contributed by atoms with Crippen molar-refractivity contribution in [2.45, 2.75) is 25.7 Å². The maximum Gasteiger partial charge on any atom is 0.573 e. The predicted molar refractivity (Wildman–Crippen MR) is 67.7 cm³/mol. The first-order chi connectivity index (χ1) is 8.73. The van der Waals surface area contributed by atoms with E-state index in [9.17, 15) is 18.0 Å². The first-order valence-corrected chi connectivity index (χ1v) is 6.13. The molecule has 106 valence electrons. The number of nitrogens with two attached hydrogens (primary N) is 1. The van der Waals surface area contributed by atoms with Crippen LogP contribution in [0.25, 0.3) is 0 Å². The second-order valence-electron chi connectivity index (χ2n) is 3.70. The highest BCUT2D eigenvalue weighted by molar-refractivity contribution is 9.10. The summed E-state index contributed by atoms with van der Waals surface area (Å²) in [5.74, 6) is -1.08. The smallest absolute Gasteiger partial charge is 0.404 e. The van der Waals surface area contributed by atoms with Crippen LogP contribution in [0, 0.1) is 0 Å². The number of carbonyl (C=O) groups excluding carboxylic acids is 1. The molecular formula is C11H12BrF3N2O2. The number of rotatable bonds is 5. The molecule has 19 heavy (non-hydrogen) atoms. The van der Waals surface area contributed by atoms with E-state index in [1.165, 1.54) is 12.1 Å². The van der Waals surface area contributed by atoms with Gasteiger partial charge in [0.15, 0.2) is 5.75 Å². The number of nitrogens with one attached hydrogen (secondary N) is 1. The van der Waals surface area contributed by atoms with E-state index in [0.717, 1.165) is 6.07 Å². The minimum absolute atomic E-state index is 0.0474. The summed E-state index contributed by atoms with van der Waals surface area (Å²) >= 11 is 3.05. The molecule has 8 heteroatoms. The number of anilines is 1. The Morgan fingerprint density at radius 3 is 2.63 bits per heavy atom. The third kappa shape index (κ3) is 4.98. The second kappa shape index (κ2) is 6.14. The molecule has 0 saturated heterocycles. The Bertz CT molecular complexity index is 466. The summed E-state index contributed by atoms with van der Waals surface area (Å²) in [5, 5.41) is 2.63. The SMILES string of the molecule is CCC(Nc1ccc(Br)cc1OC(F)(F)F)C(N)=O. The zero-order chi connectivity index (χ0) is 14.6. The fourth-order valence-electron chi connectivity index (χ4n) is 1.39. The van der Waals surface area contributed by atoms with E-state index in [2.05, 4.69) is 26.0 Å². The zero-order valence-corrected chi connectivity index (χ0v) is 11.5. The quantitative estimate of drug-likeness (QED) is 0.865. The van der Waals surface area contributed by atoms with Crippen molar-refractivity contribution >= 4 is 27.5 Å². The molecule has 0 aliphatic heterocycles. The van der Waals surface area contributed by atoms with Gasteiger partial charge in [0.1, 0.15) is 6.04 Å². The van der Waals surface area contributed by atoms with Crippen LogP contribution in [-0.2, 0) is 4.79 Å². The van der Waals surface area contributed by atoms with Crippen LogP contribution < -0.4 is 15.8 Å². The van der Waals surface area contributed by atoms with Crippen molar-refractivity contribution in [2.24, 2.45) is 5.73 Å². The van der Waals surface area contributed by atoms with Crippen LogP contribution in [0.15, 0.2) is 22.7 Å². The number of benzene rings is 1. The van der Waals surface area contributed by atoms with Crippen molar-refractivity contribution in [3.8, 4) is 5.75 Å². The number of hydrogen-bond donors (Lipinski definition) is 2. The van der Waals surface area contributed by atoms with Gasteiger partial charge in [0.2, 0.25) is 5.91 Å². The minimum Gasteiger partial charge on any atom is -0.404 e. The van der Waals surface area contributed by atoms with Gasteiger partial charge >= 0.3 is 6.36 Å². The molecule has 0 heterocycles. The number of amides is 1. The first-order valence-electron chi connectivity index (χ1n) is 5.34. The lowest BCUT2D eigenvalue weighted by molar-refractivity contribution is -0.274. The van der Waals surface area contributed by atoms with Crippen molar-refractivity contribution in [1.29, 1.82) is 0 Å². The van der Waals surface area contributed by atoms with Crippen molar-refractivity contribution < 1.29 is 22.7 Å². The van der Waals surface area contributed by atoms with Gasteiger partial charge in [0, 0.05) is 4.47 Å². The summed E-state index contributed by atoms with van der Waals surface area (Å²) in [6.45, 7) is 1.69. The molecule has 4 nitrogen and oxygen atoms in total. The molecule has 1 aromatic rings. The highest BCUT2D eigenvalue weighted by Crippen LogP contribution is 2.33. The van der Waals surface area contributed by atoms with Gasteiger partial charge in [-0.05, 0) is 24.6 Å². The summed E-state index contributed by atoms with van der Waals surface area (Å²) in [6.07, 6.45) is -4.47. The van der Waals surface area contributed by atoms with Crippen molar-refractivity contribution in [3.63, 3.8) is 0 Å². The van der Waals surface area contributed by atoms with Crippen molar-refractivity contribution in [1.82, 2.24) is 0 Å². The summed E-state index contributed by atoms with van der Waals surface area (Å²) in [5.41, 5.74) is 5.18. The molecule has 0 aliphatic carbocycles. The van der Waals surface area contributed by atoms with E-state index in [4.69, 9.17) is 5.73 Å². The Morgan fingerprint density at radius 1 is 1.53 bits per heavy atom. The predicted octanol–water partition coefficient (Wildman–Crippen LogP) is 3.02. The highest BCUT2D eigenvalue weighted by Gasteiger charge is 2.32. The average molecular weight is 341 g/mol. The second-order valence-corrected chi connectivity index (χ2v) is 4.61. The standard InChI is InChI=1S/C11H12BrF3N2O2/c1-2-7(10(16)18)17-8-4-3-6(12)5-9(8)19-11(13,14)15/h3-5,7,17H,2H2,1H3,(H2,16,18). The van der Waals surface area contributed by atoms with Crippen LogP contribution >= 0.6 is 15.9 Å². The maximum absolute atomic E-state index is 12.3. The number of halogens is 4. The third-order valence-corrected chi connectivity index (χ3v) is 2.74. The van der Waals surface area contributed by atoms with Gasteiger partial charge in [-0.15, -0.1) is 13.2 Å². The third-order valence-electron chi connectivity index (χ3n) is 2.25. The topological polar surface area (TPSA) is 64.3 Å². The summed E-state index contributed by atoms with van der Waals surface area (Å²) in [7, 11) is 0. The molecule has 0 radical (unpaired) electrons. The van der Waals surface area contributed by atoms with Crippen LogP contribution in [-0.4, -0.2) is 18.3 Å². The molecule has 0 spiro atoms. The zero-order valence-electron chi connectivity index (χ0n) is 9.92. The number of alkyl halides is 3. The molecule has 0 bridgehead atoms. The van der Waals surface area contributed by atoms with Crippen LogP contribution in [0.2, 0.25) is 0 Å². The Balaban J connectivity index is 3.02. The molecule has 1 amide bonds. The molecule has 1 unspecified atom stereocenters. The van der Waals surface area contributed by atoms with Crippen LogP contribution in [0.1, 0.15) is 13.3 Å². The summed E-state index contributed by atoms with van der Waals surface area (Å²) in [6, 6.07) is 3.29. The Hall–Kier alpha value is -1.44. The molecule has 1 atom stereocenters. The molecule has 0 saturated carbocycles. The van der Waals surface area contributed by atoms with Gasteiger partial charge in [0.25, 0.3) is 0 Å². The van der Waals surface area contributed by atoms with E-state index in [1.54, 1.807) is 6.92 Å². The van der Waals surface area contributed by atoms with E-state index in [-0.39, 0.29) is 5.69 Å². The van der Waals surface area contributed by atoms with Crippen molar-refractivity contribution in [2.75, 3.05) is 5.32 Å². The van der Waals surface area contributed by atoms with E-state index in [0.29, 0.717) is 10.9 Å². The lowest BCUT2D eigenvalue weighted by Crippen LogP contribution is -2.35. The van der Waals surface area contributed by atoms with Gasteiger partial charge < -0.3 is 15.8 Å². The number of ether oxygens (including phenoxy) is 1. The molecular weight excluding hydrogens is 329 g/mol. The van der Waals surface area contributed by atoms with Crippen LogP contribution in [0.3, 0.4) is 0 Å². The Labute approximate surface area is 116 Å². The molecule has 3 N–H and O–H groups in total. The van der Waals surface area contributed by atoms with Crippen molar-refractivity contribution in [3.05, 3.63) is 22.7 Å². The minimum atomic E-state index is -4.81. The average Bonchev–Trinajstić information content (AvgIpc) is 2.25. The summed E-state index contributed by atoms with van der Waals surface area (Å²) < 4.78 is 41.1. The number of primary amides is 1. The lowest BCUT2D eigenvalue weighted by atomic mass is 10.2. The number of hydrogen-bond acceptors (Lipinski definition) is 3. The normalized spacial score (nSPS) is 12.9. The van der Waals surface area contributed by atoms with E-state index >= 15 is 0 Å². The van der Waals surface area contributed by atoms with E-state index < -0.39 is 24.1 Å². The molecule has 1 rings (SSSR count). The summed E-state index contributed by atoms with van der Waals surface area (Å²) in [4.78, 5) is 11.1. The molecule has 1 aromatic carbocycles. The van der Waals surface area contributed by atoms with Crippen LogP contribution in [0.5, 0.6) is 5.75 Å². The van der Waals surface area contributed by atoms with Gasteiger partial charge in [-0.1, -0.05) is 22.9 Å². The Kier molecular flexibility index (Phi) is 5.04. The monoisotopic (exact) mass is 340 g/mol. The number of carbonyl (C=O) groups is 1. The molecule has 0 fully saturated rings. The lowest BCUT2D eigenvalue weighted by Gasteiger charge is -2.19. The Morgan fingerprint density at radius 2 is 2.16 bits per heavy atom. The molecule has 0 aliphatic rings. The highest BCUT2D eigenvalue weighted by atomic mass is 79.9. The van der Waals surface area contributed by atoms with Gasteiger partial charge in [-0.3, -0.25) is 4.79 Å². The largest absolute Gasteiger partial charge is 0.573 e. The molecule has 0 aromatic heterocycles. The maximum atomic E-state index is 12.3. The van der Waals surface area contributed by atoms with Crippen LogP contribution in [0.4, 0.5) is 18.9 Å². The van der Waals surface area contributed by atoms with E-state index in [1.807, 2.05) is 0 Å². The fourth-order valence-corrected chi connectivity index (χ4v) is 1.73.